The van der Waals surface area contributed by atoms with E-state index in [4.69, 9.17) is 14.2 Å². The summed E-state index contributed by atoms with van der Waals surface area (Å²) in [5.41, 5.74) is 0. The quantitative estimate of drug-likeness (QED) is 0.0261. The van der Waals surface area contributed by atoms with Crippen LogP contribution in [0.4, 0.5) is 0 Å². The third kappa shape index (κ3) is 60.6. The van der Waals surface area contributed by atoms with Crippen LogP contribution in [0.3, 0.4) is 0 Å². The molecule has 0 aromatic heterocycles. The number of allylic oxidation sites excluding steroid dienone is 20. The van der Waals surface area contributed by atoms with E-state index in [1.54, 1.807) is 0 Å². The molecule has 1 unspecified atom stereocenters. The Morgan fingerprint density at radius 1 is 0.280 bits per heavy atom. The van der Waals surface area contributed by atoms with Gasteiger partial charge in [-0.2, -0.15) is 0 Å². The van der Waals surface area contributed by atoms with Gasteiger partial charge < -0.3 is 14.2 Å². The molecule has 0 aromatic rings. The summed E-state index contributed by atoms with van der Waals surface area (Å²) in [4.78, 5) is 38.3. The van der Waals surface area contributed by atoms with Crippen LogP contribution in [0.5, 0.6) is 0 Å². The molecule has 0 aromatic carbocycles. The molecular formula is C69H114O6. The van der Waals surface area contributed by atoms with E-state index in [2.05, 4.69) is 142 Å². The van der Waals surface area contributed by atoms with Crippen molar-refractivity contribution in [2.75, 3.05) is 13.2 Å². The van der Waals surface area contributed by atoms with Crippen LogP contribution in [0.25, 0.3) is 0 Å². The molecule has 0 N–H and O–H groups in total. The van der Waals surface area contributed by atoms with Gasteiger partial charge in [0.15, 0.2) is 6.10 Å². The van der Waals surface area contributed by atoms with Gasteiger partial charge in [0.1, 0.15) is 13.2 Å². The van der Waals surface area contributed by atoms with Crippen molar-refractivity contribution in [3.05, 3.63) is 122 Å². The number of rotatable bonds is 55. The van der Waals surface area contributed by atoms with Crippen LogP contribution in [0.15, 0.2) is 122 Å². The fraction of sp³-hybridized carbons (Fsp3) is 0.667. The smallest absolute Gasteiger partial charge is 0.306 e. The van der Waals surface area contributed by atoms with Crippen molar-refractivity contribution in [1.29, 1.82) is 0 Å². The predicted molar refractivity (Wildman–Crippen MR) is 325 cm³/mol. The summed E-state index contributed by atoms with van der Waals surface area (Å²) in [6, 6.07) is 0. The molecular weight excluding hydrogens is 925 g/mol. The Labute approximate surface area is 462 Å². The van der Waals surface area contributed by atoms with Crippen LogP contribution in [0, 0.1) is 0 Å². The van der Waals surface area contributed by atoms with E-state index in [-0.39, 0.29) is 31.1 Å². The third-order valence-electron chi connectivity index (χ3n) is 12.9. The number of hydrogen-bond acceptors (Lipinski definition) is 6. The first-order valence-electron chi connectivity index (χ1n) is 31.0. The molecule has 0 rings (SSSR count). The Bertz CT molecular complexity index is 1570. The summed E-state index contributed by atoms with van der Waals surface area (Å²) in [5.74, 6) is -0.952. The number of unbranched alkanes of at least 4 members (excludes halogenated alkanes) is 24. The second-order valence-corrected chi connectivity index (χ2v) is 20.2. The highest BCUT2D eigenvalue weighted by atomic mass is 16.6. The van der Waals surface area contributed by atoms with Crippen LogP contribution in [0.2, 0.25) is 0 Å². The average Bonchev–Trinajstić information content (AvgIpc) is 3.41. The van der Waals surface area contributed by atoms with E-state index < -0.39 is 6.10 Å². The number of hydrogen-bond donors (Lipinski definition) is 0. The molecule has 426 valence electrons. The molecule has 0 amide bonds. The number of carbonyl (C=O) groups excluding carboxylic acids is 3. The van der Waals surface area contributed by atoms with E-state index in [1.165, 1.54) is 116 Å². The zero-order chi connectivity index (χ0) is 54.3. The zero-order valence-electron chi connectivity index (χ0n) is 48.8. The summed E-state index contributed by atoms with van der Waals surface area (Å²) >= 11 is 0. The Morgan fingerprint density at radius 2 is 0.520 bits per heavy atom. The maximum Gasteiger partial charge on any atom is 0.306 e. The fourth-order valence-electron chi connectivity index (χ4n) is 8.34. The maximum absolute atomic E-state index is 12.9. The minimum Gasteiger partial charge on any atom is -0.462 e. The van der Waals surface area contributed by atoms with Gasteiger partial charge in [-0.3, -0.25) is 14.4 Å². The summed E-state index contributed by atoms with van der Waals surface area (Å²) in [6.07, 6.45) is 86.2. The topological polar surface area (TPSA) is 78.9 Å². The highest BCUT2D eigenvalue weighted by molar-refractivity contribution is 5.71. The Morgan fingerprint density at radius 3 is 0.853 bits per heavy atom. The lowest BCUT2D eigenvalue weighted by atomic mass is 10.1. The van der Waals surface area contributed by atoms with Crippen molar-refractivity contribution < 1.29 is 28.6 Å². The molecule has 0 fully saturated rings. The van der Waals surface area contributed by atoms with Crippen molar-refractivity contribution in [2.45, 2.75) is 284 Å². The SMILES string of the molecule is CC/C=C\C/C=C\C/C=C\C/C=C\C/C=C\C/C=C\CCCCC(=O)OCC(COC(=O)CCCCCCCCC/C=C\C/C=C\C/C=C\CC)OC(=O)CCCCCCCCCCC/C=C\CCCCCCCC. The van der Waals surface area contributed by atoms with Gasteiger partial charge in [-0.1, -0.05) is 251 Å². The summed E-state index contributed by atoms with van der Waals surface area (Å²) in [6.45, 7) is 6.38. The molecule has 0 aliphatic carbocycles. The van der Waals surface area contributed by atoms with Gasteiger partial charge >= 0.3 is 17.9 Å². The molecule has 0 heterocycles. The van der Waals surface area contributed by atoms with Crippen LogP contribution < -0.4 is 0 Å². The summed E-state index contributed by atoms with van der Waals surface area (Å²) in [5, 5.41) is 0. The van der Waals surface area contributed by atoms with Gasteiger partial charge in [0, 0.05) is 19.3 Å². The van der Waals surface area contributed by atoms with E-state index in [0.29, 0.717) is 25.7 Å². The van der Waals surface area contributed by atoms with Gasteiger partial charge in [-0.05, 0) is 128 Å². The van der Waals surface area contributed by atoms with Gasteiger partial charge in [0.25, 0.3) is 0 Å². The van der Waals surface area contributed by atoms with E-state index in [1.807, 2.05) is 0 Å². The highest BCUT2D eigenvalue weighted by Gasteiger charge is 2.19. The molecule has 0 aliphatic rings. The van der Waals surface area contributed by atoms with Gasteiger partial charge in [-0.25, -0.2) is 0 Å². The van der Waals surface area contributed by atoms with Gasteiger partial charge in [0.2, 0.25) is 0 Å². The minimum atomic E-state index is -0.806. The molecule has 0 aliphatic heterocycles. The largest absolute Gasteiger partial charge is 0.462 e. The average molecular weight is 1040 g/mol. The molecule has 0 saturated carbocycles. The van der Waals surface area contributed by atoms with Crippen LogP contribution in [-0.2, 0) is 28.6 Å². The zero-order valence-corrected chi connectivity index (χ0v) is 48.8. The highest BCUT2D eigenvalue weighted by Crippen LogP contribution is 2.15. The molecule has 0 bridgehead atoms. The van der Waals surface area contributed by atoms with Crippen molar-refractivity contribution in [2.24, 2.45) is 0 Å². The standard InChI is InChI=1S/C69H114O6/c1-4-7-10-13-16-19-22-25-28-31-33-34-36-38-41-44-47-50-53-56-59-62-68(71)74-65-66(64-73-67(70)61-58-55-52-49-46-43-40-37-30-27-24-21-18-15-12-9-6-3)75-69(72)63-60-57-54-51-48-45-42-39-35-32-29-26-23-20-17-14-11-8-5-2/h7,9-10,12,16,18-19,21,25-30,33-34,38,41,47,50,66H,4-6,8,11,13-15,17,20,22-24,31-32,35-37,39-40,42-46,48-49,51-65H2,1-3H3/b10-7-,12-9-,19-16-,21-18-,28-25-,29-26-,30-27-,34-33-,41-38-,50-47-. The number of esters is 3. The lowest BCUT2D eigenvalue weighted by Crippen LogP contribution is -2.30. The monoisotopic (exact) mass is 1040 g/mol. The van der Waals surface area contributed by atoms with Crippen molar-refractivity contribution >= 4 is 17.9 Å². The summed E-state index contributed by atoms with van der Waals surface area (Å²) in [7, 11) is 0. The minimum absolute atomic E-state index is 0.100. The van der Waals surface area contributed by atoms with E-state index in [0.717, 1.165) is 116 Å². The fourth-order valence-corrected chi connectivity index (χ4v) is 8.34. The third-order valence-corrected chi connectivity index (χ3v) is 12.9. The lowest BCUT2D eigenvalue weighted by molar-refractivity contribution is -0.167. The van der Waals surface area contributed by atoms with Crippen molar-refractivity contribution in [3.8, 4) is 0 Å². The summed E-state index contributed by atoms with van der Waals surface area (Å²) < 4.78 is 16.9. The second-order valence-electron chi connectivity index (χ2n) is 20.2. The maximum atomic E-state index is 12.9. The van der Waals surface area contributed by atoms with Crippen LogP contribution in [0.1, 0.15) is 278 Å². The van der Waals surface area contributed by atoms with E-state index >= 15 is 0 Å². The van der Waals surface area contributed by atoms with Crippen molar-refractivity contribution in [3.63, 3.8) is 0 Å². The molecule has 0 saturated heterocycles. The Hall–Kier alpha value is -4.19. The van der Waals surface area contributed by atoms with Gasteiger partial charge in [-0.15, -0.1) is 0 Å². The first kappa shape index (κ1) is 70.8. The van der Waals surface area contributed by atoms with E-state index in [9.17, 15) is 14.4 Å². The second kappa shape index (κ2) is 62.4. The Balaban J connectivity index is 4.49. The van der Waals surface area contributed by atoms with Crippen LogP contribution in [-0.4, -0.2) is 37.2 Å². The number of carbonyl (C=O) groups is 3. The molecule has 0 radical (unpaired) electrons. The number of ether oxygens (including phenoxy) is 3. The lowest BCUT2D eigenvalue weighted by Gasteiger charge is -2.18. The molecule has 1 atom stereocenters. The van der Waals surface area contributed by atoms with Gasteiger partial charge in [0.05, 0.1) is 0 Å². The first-order chi connectivity index (χ1) is 37.0. The predicted octanol–water partition coefficient (Wildman–Crippen LogP) is 21.2. The van der Waals surface area contributed by atoms with Crippen LogP contribution >= 0.6 is 0 Å². The first-order valence-corrected chi connectivity index (χ1v) is 31.0. The molecule has 75 heavy (non-hydrogen) atoms. The normalized spacial score (nSPS) is 12.9. The van der Waals surface area contributed by atoms with Crippen molar-refractivity contribution in [1.82, 2.24) is 0 Å². The molecule has 6 heteroatoms. The molecule has 0 spiro atoms. The molecule has 6 nitrogen and oxygen atoms in total. The Kier molecular flexibility index (Phi) is 58.9.